The summed E-state index contributed by atoms with van der Waals surface area (Å²) in [6, 6.07) is 20.0. The fourth-order valence-electron chi connectivity index (χ4n) is 3.25. The van der Waals surface area contributed by atoms with Crippen LogP contribution in [-0.4, -0.2) is 40.3 Å². The van der Waals surface area contributed by atoms with Gasteiger partial charge in [-0.1, -0.05) is 35.5 Å². The Kier molecular flexibility index (Phi) is 5.17. The molecule has 7 heteroatoms. The minimum Gasteiger partial charge on any atom is -0.496 e. The van der Waals surface area contributed by atoms with Gasteiger partial charge in [-0.3, -0.25) is 0 Å². The zero-order valence-electron chi connectivity index (χ0n) is 16.4. The van der Waals surface area contributed by atoms with E-state index in [0.717, 1.165) is 28.3 Å². The van der Waals surface area contributed by atoms with Crippen LogP contribution in [0.25, 0.3) is 28.1 Å². The molecule has 0 amide bonds. The second-order valence-electron chi connectivity index (χ2n) is 6.52. The molecule has 30 heavy (non-hydrogen) atoms. The van der Waals surface area contributed by atoms with E-state index < -0.39 is 5.97 Å². The quantitative estimate of drug-likeness (QED) is 0.518. The maximum atomic E-state index is 11.2. The lowest BCUT2D eigenvalue weighted by Crippen LogP contribution is -1.96. The molecule has 7 nitrogen and oxygen atoms in total. The first-order valence-electron chi connectivity index (χ1n) is 9.18. The first-order valence-corrected chi connectivity index (χ1v) is 9.18. The molecule has 0 atom stereocenters. The summed E-state index contributed by atoms with van der Waals surface area (Å²) in [4.78, 5) is 11.2. The molecule has 4 aromatic rings. The zero-order valence-corrected chi connectivity index (χ0v) is 16.4. The number of carboxylic acid groups (broad SMARTS) is 1. The molecule has 1 aromatic heterocycles. The molecule has 150 valence electrons. The highest BCUT2D eigenvalue weighted by atomic mass is 16.5. The Hall–Kier alpha value is -4.13. The van der Waals surface area contributed by atoms with E-state index in [0.29, 0.717) is 11.3 Å². The minimum atomic E-state index is -0.980. The molecule has 0 unspecified atom stereocenters. The lowest BCUT2D eigenvalue weighted by atomic mass is 10.0. The van der Waals surface area contributed by atoms with Crippen molar-refractivity contribution in [1.82, 2.24) is 15.0 Å². The highest BCUT2D eigenvalue weighted by Gasteiger charge is 2.13. The van der Waals surface area contributed by atoms with E-state index in [1.807, 2.05) is 42.5 Å². The lowest BCUT2D eigenvalue weighted by Gasteiger charge is -2.13. The number of hydrogen-bond acceptors (Lipinski definition) is 5. The normalized spacial score (nSPS) is 10.6. The van der Waals surface area contributed by atoms with Gasteiger partial charge in [0.15, 0.2) is 0 Å². The van der Waals surface area contributed by atoms with Gasteiger partial charge >= 0.3 is 5.97 Å². The van der Waals surface area contributed by atoms with Crippen molar-refractivity contribution in [3.05, 3.63) is 78.5 Å². The van der Waals surface area contributed by atoms with Crippen LogP contribution in [0.1, 0.15) is 10.4 Å². The summed E-state index contributed by atoms with van der Waals surface area (Å²) >= 11 is 0. The van der Waals surface area contributed by atoms with E-state index in [1.165, 1.54) is 0 Å². The van der Waals surface area contributed by atoms with Gasteiger partial charge in [0.2, 0.25) is 0 Å². The van der Waals surface area contributed by atoms with E-state index in [2.05, 4.69) is 10.3 Å². The Morgan fingerprint density at radius 2 is 1.57 bits per heavy atom. The van der Waals surface area contributed by atoms with Crippen molar-refractivity contribution in [2.24, 2.45) is 0 Å². The number of aromatic carboxylic acids is 1. The second kappa shape index (κ2) is 8.08. The van der Waals surface area contributed by atoms with Gasteiger partial charge in [0, 0.05) is 5.56 Å². The fraction of sp³-hybridized carbons (Fsp3) is 0.0870. The second-order valence-corrected chi connectivity index (χ2v) is 6.52. The molecule has 0 fully saturated rings. The van der Waals surface area contributed by atoms with Crippen LogP contribution >= 0.6 is 0 Å². The van der Waals surface area contributed by atoms with E-state index in [4.69, 9.17) is 9.47 Å². The minimum absolute atomic E-state index is 0.206. The molecule has 0 spiro atoms. The molecule has 4 rings (SSSR count). The molecule has 1 heterocycles. The molecule has 0 saturated heterocycles. The van der Waals surface area contributed by atoms with Gasteiger partial charge in [0.05, 0.1) is 37.2 Å². The number of aromatic nitrogens is 3. The Labute approximate surface area is 173 Å². The lowest BCUT2D eigenvalue weighted by molar-refractivity contribution is 0.0697. The number of rotatable bonds is 6. The van der Waals surface area contributed by atoms with Crippen LogP contribution in [0.4, 0.5) is 0 Å². The summed E-state index contributed by atoms with van der Waals surface area (Å²) in [5.74, 6) is 0.471. The summed E-state index contributed by atoms with van der Waals surface area (Å²) in [5.41, 5.74) is 4.13. The van der Waals surface area contributed by atoms with Gasteiger partial charge in [0.1, 0.15) is 17.2 Å². The number of benzene rings is 3. The smallest absolute Gasteiger partial charge is 0.335 e. The van der Waals surface area contributed by atoms with Gasteiger partial charge in [-0.25, -0.2) is 9.48 Å². The van der Waals surface area contributed by atoms with Crippen molar-refractivity contribution in [3.63, 3.8) is 0 Å². The van der Waals surface area contributed by atoms with Crippen LogP contribution in [0.5, 0.6) is 11.5 Å². The van der Waals surface area contributed by atoms with Crippen LogP contribution in [0.3, 0.4) is 0 Å². The van der Waals surface area contributed by atoms with Crippen LogP contribution < -0.4 is 9.47 Å². The SMILES string of the molecule is COc1cccc(OC)c1-c1ccc(-n2cc(-c3cccc(C(=O)O)c3)nn2)cc1. The third-order valence-electron chi connectivity index (χ3n) is 4.75. The van der Waals surface area contributed by atoms with Gasteiger partial charge in [0.25, 0.3) is 0 Å². The molecule has 0 radical (unpaired) electrons. The third kappa shape index (κ3) is 3.60. The van der Waals surface area contributed by atoms with Gasteiger partial charge in [-0.15, -0.1) is 5.10 Å². The molecular weight excluding hydrogens is 382 g/mol. The number of carboxylic acids is 1. The molecule has 0 aliphatic heterocycles. The number of carbonyl (C=O) groups is 1. The highest BCUT2D eigenvalue weighted by molar-refractivity contribution is 5.89. The van der Waals surface area contributed by atoms with Gasteiger partial charge < -0.3 is 14.6 Å². The number of methoxy groups -OCH3 is 2. The molecule has 1 N–H and O–H groups in total. The van der Waals surface area contributed by atoms with E-state index in [9.17, 15) is 9.90 Å². The average Bonchev–Trinajstić information content (AvgIpc) is 3.29. The summed E-state index contributed by atoms with van der Waals surface area (Å²) in [7, 11) is 3.26. The Bertz CT molecular complexity index is 1180. The summed E-state index contributed by atoms with van der Waals surface area (Å²) < 4.78 is 12.6. The van der Waals surface area contributed by atoms with Crippen LogP contribution in [0.15, 0.2) is 72.9 Å². The van der Waals surface area contributed by atoms with Crippen LogP contribution in [-0.2, 0) is 0 Å². The maximum Gasteiger partial charge on any atom is 0.335 e. The zero-order chi connectivity index (χ0) is 21.1. The maximum absolute atomic E-state index is 11.2. The monoisotopic (exact) mass is 401 g/mol. The van der Waals surface area contributed by atoms with E-state index in [1.54, 1.807) is 49.4 Å². The molecule has 0 aliphatic carbocycles. The fourth-order valence-corrected chi connectivity index (χ4v) is 3.25. The van der Waals surface area contributed by atoms with Crippen molar-refractivity contribution in [2.45, 2.75) is 0 Å². The summed E-state index contributed by atoms with van der Waals surface area (Å²) in [5, 5.41) is 17.5. The Balaban J connectivity index is 1.65. The van der Waals surface area contributed by atoms with Crippen LogP contribution in [0, 0.1) is 0 Å². The van der Waals surface area contributed by atoms with Gasteiger partial charge in [-0.2, -0.15) is 0 Å². The van der Waals surface area contributed by atoms with E-state index >= 15 is 0 Å². The Morgan fingerprint density at radius 1 is 0.900 bits per heavy atom. The molecule has 0 bridgehead atoms. The van der Waals surface area contributed by atoms with Crippen molar-refractivity contribution >= 4 is 5.97 Å². The van der Waals surface area contributed by atoms with Crippen molar-refractivity contribution < 1.29 is 19.4 Å². The predicted molar refractivity (Wildman–Crippen MR) is 112 cm³/mol. The number of ether oxygens (including phenoxy) is 2. The van der Waals surface area contributed by atoms with Gasteiger partial charge in [-0.05, 0) is 42.0 Å². The molecule has 0 saturated carbocycles. The van der Waals surface area contributed by atoms with Crippen LogP contribution in [0.2, 0.25) is 0 Å². The highest BCUT2D eigenvalue weighted by Crippen LogP contribution is 2.38. The largest absolute Gasteiger partial charge is 0.496 e. The predicted octanol–water partition coefficient (Wildman–Crippen LogP) is 4.32. The molecule has 0 aliphatic rings. The van der Waals surface area contributed by atoms with E-state index in [-0.39, 0.29) is 5.56 Å². The topological polar surface area (TPSA) is 86.5 Å². The summed E-state index contributed by atoms with van der Waals surface area (Å²) in [6.07, 6.45) is 1.76. The molecular formula is C23H19N3O4. The van der Waals surface area contributed by atoms with Crippen molar-refractivity contribution in [2.75, 3.05) is 14.2 Å². The summed E-state index contributed by atoms with van der Waals surface area (Å²) in [6.45, 7) is 0. The third-order valence-corrected chi connectivity index (χ3v) is 4.75. The van der Waals surface area contributed by atoms with Crippen molar-refractivity contribution in [3.8, 4) is 39.6 Å². The number of hydrogen-bond donors (Lipinski definition) is 1. The standard InChI is InChI=1S/C23H19N3O4/c1-29-20-7-4-8-21(30-2)22(20)15-9-11-18(12-10-15)26-14-19(24-25-26)16-5-3-6-17(13-16)23(27)28/h3-14H,1-2H3,(H,27,28). The number of nitrogens with zero attached hydrogens (tertiary/aromatic N) is 3. The first-order chi connectivity index (χ1) is 14.6. The molecule has 3 aromatic carbocycles. The van der Waals surface area contributed by atoms with Crippen molar-refractivity contribution in [1.29, 1.82) is 0 Å². The average molecular weight is 401 g/mol. The Morgan fingerprint density at radius 3 is 2.20 bits per heavy atom. The first kappa shape index (κ1) is 19.2.